The maximum Gasteiger partial charge on any atom is 0.413 e. The Kier molecular flexibility index (Phi) is 5.84. The average molecular weight is 333 g/mol. The van der Waals surface area contributed by atoms with E-state index in [1.165, 1.54) is 0 Å². The van der Waals surface area contributed by atoms with Crippen molar-refractivity contribution < 1.29 is 17.6 Å². The van der Waals surface area contributed by atoms with Gasteiger partial charge in [0.25, 0.3) is 0 Å². The van der Waals surface area contributed by atoms with Gasteiger partial charge in [-0.1, -0.05) is 33.8 Å². The van der Waals surface area contributed by atoms with Gasteiger partial charge in [0.15, 0.2) is 8.32 Å². The van der Waals surface area contributed by atoms with E-state index in [4.69, 9.17) is 4.43 Å². The molecule has 1 rings (SSSR count). The van der Waals surface area contributed by atoms with Gasteiger partial charge in [0, 0.05) is 17.8 Å². The predicted molar refractivity (Wildman–Crippen MR) is 85.4 cm³/mol. The fraction of sp³-hybridized carbons (Fsp3) is 0.688. The van der Waals surface area contributed by atoms with Crippen LogP contribution >= 0.6 is 0 Å². The van der Waals surface area contributed by atoms with E-state index in [2.05, 4.69) is 4.98 Å². The van der Waals surface area contributed by atoms with E-state index >= 15 is 0 Å². The topological polar surface area (TPSA) is 22.1 Å². The van der Waals surface area contributed by atoms with Crippen LogP contribution in [0.15, 0.2) is 24.4 Å². The molecule has 0 aliphatic heterocycles. The molecule has 0 N–H and O–H groups in total. The molecule has 126 valence electrons. The second kappa shape index (κ2) is 6.70. The van der Waals surface area contributed by atoms with Crippen molar-refractivity contribution in [1.82, 2.24) is 4.98 Å². The molecule has 22 heavy (non-hydrogen) atoms. The third-order valence-electron chi connectivity index (χ3n) is 4.37. The largest absolute Gasteiger partial charge is 0.413 e. The SMILES string of the molecule is CC(CC(O[Si](C)(C)C(C)(C)C)C(F)(F)F)c1ccccn1. The summed E-state index contributed by atoms with van der Waals surface area (Å²) in [6, 6.07) is 5.30. The second-order valence-electron chi connectivity index (χ2n) is 7.30. The van der Waals surface area contributed by atoms with Crippen molar-refractivity contribution in [2.75, 3.05) is 0 Å². The first-order chi connectivity index (χ1) is 9.84. The van der Waals surface area contributed by atoms with Gasteiger partial charge in [-0.3, -0.25) is 4.98 Å². The third kappa shape index (κ3) is 5.09. The molecule has 0 spiro atoms. The molecular weight excluding hydrogens is 307 g/mol. The summed E-state index contributed by atoms with van der Waals surface area (Å²) >= 11 is 0. The number of alkyl halides is 3. The molecule has 0 saturated carbocycles. The standard InChI is InChI=1S/C16H26F3NOSi/c1-12(13-9-7-8-10-20-13)11-14(16(17,18)19)21-22(5,6)15(2,3)4/h7-10,12,14H,11H2,1-6H3. The van der Waals surface area contributed by atoms with Crippen molar-refractivity contribution in [3.05, 3.63) is 30.1 Å². The van der Waals surface area contributed by atoms with Gasteiger partial charge in [0.2, 0.25) is 0 Å². The quantitative estimate of drug-likeness (QED) is 0.661. The summed E-state index contributed by atoms with van der Waals surface area (Å²) in [5.41, 5.74) is 0.663. The molecule has 2 unspecified atom stereocenters. The summed E-state index contributed by atoms with van der Waals surface area (Å²) in [6.45, 7) is 11.3. The van der Waals surface area contributed by atoms with Gasteiger partial charge in [-0.2, -0.15) is 13.2 Å². The minimum Gasteiger partial charge on any atom is -0.405 e. The Morgan fingerprint density at radius 1 is 1.18 bits per heavy atom. The molecule has 2 atom stereocenters. The van der Waals surface area contributed by atoms with E-state index in [1.807, 2.05) is 33.9 Å². The second-order valence-corrected chi connectivity index (χ2v) is 12.1. The molecule has 0 aromatic carbocycles. The Labute approximate surface area is 132 Å². The number of aromatic nitrogens is 1. The predicted octanol–water partition coefficient (Wildman–Crippen LogP) is 5.53. The minimum absolute atomic E-state index is 0.104. The Balaban J connectivity index is 2.92. The summed E-state index contributed by atoms with van der Waals surface area (Å²) < 4.78 is 45.8. The van der Waals surface area contributed by atoms with Crippen LogP contribution in [0.5, 0.6) is 0 Å². The lowest BCUT2D eigenvalue weighted by atomic mass is 9.99. The van der Waals surface area contributed by atoms with E-state index < -0.39 is 20.6 Å². The summed E-state index contributed by atoms with van der Waals surface area (Å²) in [7, 11) is -2.49. The highest BCUT2D eigenvalue weighted by Gasteiger charge is 2.48. The first-order valence-corrected chi connectivity index (χ1v) is 10.4. The van der Waals surface area contributed by atoms with Crippen LogP contribution in [-0.4, -0.2) is 25.6 Å². The molecule has 1 aromatic heterocycles. The van der Waals surface area contributed by atoms with Crippen molar-refractivity contribution in [2.24, 2.45) is 0 Å². The van der Waals surface area contributed by atoms with E-state index in [9.17, 15) is 13.2 Å². The van der Waals surface area contributed by atoms with Crippen molar-refractivity contribution in [2.45, 2.75) is 70.4 Å². The van der Waals surface area contributed by atoms with E-state index in [0.29, 0.717) is 5.69 Å². The molecule has 0 aliphatic carbocycles. The first kappa shape index (κ1) is 19.2. The molecule has 0 amide bonds. The van der Waals surface area contributed by atoms with Gasteiger partial charge in [-0.15, -0.1) is 0 Å². The molecule has 1 heterocycles. The van der Waals surface area contributed by atoms with Gasteiger partial charge in [0.1, 0.15) is 6.10 Å². The zero-order valence-corrected chi connectivity index (χ0v) is 15.2. The van der Waals surface area contributed by atoms with Crippen LogP contribution in [0, 0.1) is 0 Å². The Hall–Kier alpha value is -0.883. The van der Waals surface area contributed by atoms with Crippen molar-refractivity contribution >= 4 is 8.32 Å². The molecule has 0 bridgehead atoms. The number of pyridine rings is 1. The first-order valence-electron chi connectivity index (χ1n) is 7.50. The molecule has 6 heteroatoms. The van der Waals surface area contributed by atoms with Crippen LogP contribution < -0.4 is 0 Å². The van der Waals surface area contributed by atoms with E-state index in [0.717, 1.165) is 0 Å². The lowest BCUT2D eigenvalue weighted by Crippen LogP contribution is -2.48. The van der Waals surface area contributed by atoms with E-state index in [-0.39, 0.29) is 17.4 Å². The van der Waals surface area contributed by atoms with Gasteiger partial charge >= 0.3 is 6.18 Å². The molecular formula is C16H26F3NOSi. The van der Waals surface area contributed by atoms with E-state index in [1.54, 1.807) is 31.3 Å². The van der Waals surface area contributed by atoms with Crippen LogP contribution in [0.2, 0.25) is 18.1 Å². The van der Waals surface area contributed by atoms with Crippen LogP contribution in [0.1, 0.15) is 45.7 Å². The number of hydrogen-bond donors (Lipinski definition) is 0. The molecule has 0 saturated heterocycles. The Bertz CT molecular complexity index is 469. The zero-order valence-electron chi connectivity index (χ0n) is 14.2. The maximum absolute atomic E-state index is 13.4. The summed E-state index contributed by atoms with van der Waals surface area (Å²) in [6.07, 6.45) is -4.61. The fourth-order valence-electron chi connectivity index (χ4n) is 1.89. The van der Waals surface area contributed by atoms with Gasteiger partial charge in [0.05, 0.1) is 0 Å². The number of nitrogens with zero attached hydrogens (tertiary/aromatic N) is 1. The highest BCUT2D eigenvalue weighted by Crippen LogP contribution is 2.41. The van der Waals surface area contributed by atoms with Gasteiger partial charge < -0.3 is 4.43 Å². The minimum atomic E-state index is -4.36. The molecule has 1 aromatic rings. The highest BCUT2D eigenvalue weighted by molar-refractivity contribution is 6.74. The van der Waals surface area contributed by atoms with Crippen LogP contribution in [0.4, 0.5) is 13.2 Å². The summed E-state index contributed by atoms with van der Waals surface area (Å²) in [5, 5.41) is -0.259. The number of hydrogen-bond acceptors (Lipinski definition) is 2. The Morgan fingerprint density at radius 2 is 1.77 bits per heavy atom. The fourth-order valence-corrected chi connectivity index (χ4v) is 3.19. The van der Waals surface area contributed by atoms with Crippen LogP contribution in [0.25, 0.3) is 0 Å². The van der Waals surface area contributed by atoms with Crippen molar-refractivity contribution in [3.63, 3.8) is 0 Å². The lowest BCUT2D eigenvalue weighted by Gasteiger charge is -2.40. The number of halogens is 3. The van der Waals surface area contributed by atoms with Gasteiger partial charge in [-0.05, 0) is 36.7 Å². The lowest BCUT2D eigenvalue weighted by molar-refractivity contribution is -0.201. The molecule has 0 fully saturated rings. The molecule has 2 nitrogen and oxygen atoms in total. The van der Waals surface area contributed by atoms with Crippen LogP contribution in [0.3, 0.4) is 0 Å². The normalized spacial score (nSPS) is 16.4. The monoisotopic (exact) mass is 333 g/mol. The van der Waals surface area contributed by atoms with Gasteiger partial charge in [-0.25, -0.2) is 0 Å². The smallest absolute Gasteiger partial charge is 0.405 e. The number of rotatable bonds is 5. The Morgan fingerprint density at radius 3 is 2.18 bits per heavy atom. The maximum atomic E-state index is 13.4. The summed E-state index contributed by atoms with van der Waals surface area (Å²) in [4.78, 5) is 4.15. The average Bonchev–Trinajstić information content (AvgIpc) is 2.36. The highest BCUT2D eigenvalue weighted by atomic mass is 28.4. The molecule has 0 aliphatic rings. The third-order valence-corrected chi connectivity index (χ3v) is 8.85. The zero-order chi connectivity index (χ0) is 17.2. The van der Waals surface area contributed by atoms with Crippen LogP contribution in [-0.2, 0) is 4.43 Å². The summed E-state index contributed by atoms with van der Waals surface area (Å²) in [5.74, 6) is -0.308. The van der Waals surface area contributed by atoms with Crippen molar-refractivity contribution in [3.8, 4) is 0 Å². The van der Waals surface area contributed by atoms with Crippen molar-refractivity contribution in [1.29, 1.82) is 0 Å². The molecule has 0 radical (unpaired) electrons.